The van der Waals surface area contributed by atoms with Crippen molar-refractivity contribution >= 4 is 22.5 Å². The van der Waals surface area contributed by atoms with Crippen LogP contribution in [0.2, 0.25) is 0 Å². The van der Waals surface area contributed by atoms with Crippen molar-refractivity contribution in [1.29, 1.82) is 0 Å². The molecule has 0 saturated carbocycles. The van der Waals surface area contributed by atoms with Gasteiger partial charge in [-0.25, -0.2) is 9.97 Å². The molecule has 2 aromatic heterocycles. The van der Waals surface area contributed by atoms with Crippen molar-refractivity contribution in [3.05, 3.63) is 59.8 Å². The monoisotopic (exact) mass is 249 g/mol. The lowest BCUT2D eigenvalue weighted by Gasteiger charge is -2.09. The largest absolute Gasteiger partial charge is 0.325 e. The summed E-state index contributed by atoms with van der Waals surface area (Å²) in [6.45, 7) is 4.10. The van der Waals surface area contributed by atoms with Gasteiger partial charge >= 0.3 is 0 Å². The van der Waals surface area contributed by atoms with Crippen molar-refractivity contribution in [2.24, 2.45) is 0 Å². The zero-order valence-corrected chi connectivity index (χ0v) is 11.0. The lowest BCUT2D eigenvalue weighted by molar-refractivity contribution is 1.23. The topological polar surface area (TPSA) is 37.8 Å². The van der Waals surface area contributed by atoms with E-state index in [4.69, 9.17) is 0 Å². The maximum absolute atomic E-state index is 4.65. The molecule has 3 rings (SSSR count). The van der Waals surface area contributed by atoms with Crippen molar-refractivity contribution in [3.63, 3.8) is 0 Å². The third-order valence-electron chi connectivity index (χ3n) is 3.08. The molecule has 0 atom stereocenters. The van der Waals surface area contributed by atoms with Crippen LogP contribution >= 0.6 is 0 Å². The van der Waals surface area contributed by atoms with Crippen LogP contribution in [0.1, 0.15) is 11.1 Å². The van der Waals surface area contributed by atoms with E-state index in [-0.39, 0.29) is 0 Å². The Morgan fingerprint density at radius 3 is 2.68 bits per heavy atom. The molecule has 3 aromatic rings. The lowest BCUT2D eigenvalue weighted by Crippen LogP contribution is -1.99. The van der Waals surface area contributed by atoms with Crippen LogP contribution in [0.3, 0.4) is 0 Å². The quantitative estimate of drug-likeness (QED) is 0.746. The van der Waals surface area contributed by atoms with Gasteiger partial charge in [0.1, 0.15) is 11.6 Å². The maximum Gasteiger partial charge on any atom is 0.135 e. The second-order valence-corrected chi connectivity index (χ2v) is 4.69. The third-order valence-corrected chi connectivity index (χ3v) is 3.08. The highest BCUT2D eigenvalue weighted by Crippen LogP contribution is 2.22. The maximum atomic E-state index is 4.65. The van der Waals surface area contributed by atoms with Crippen molar-refractivity contribution in [1.82, 2.24) is 9.97 Å². The van der Waals surface area contributed by atoms with Gasteiger partial charge < -0.3 is 5.32 Å². The van der Waals surface area contributed by atoms with E-state index < -0.39 is 0 Å². The first-order valence-corrected chi connectivity index (χ1v) is 6.28. The molecular weight excluding hydrogens is 234 g/mol. The lowest BCUT2D eigenvalue weighted by atomic mass is 10.1. The van der Waals surface area contributed by atoms with E-state index in [1.807, 2.05) is 37.3 Å². The average molecular weight is 249 g/mol. The Bertz CT molecular complexity index is 735. The van der Waals surface area contributed by atoms with Gasteiger partial charge in [-0.05, 0) is 49.2 Å². The highest BCUT2D eigenvalue weighted by Gasteiger charge is 2.04. The van der Waals surface area contributed by atoms with E-state index in [1.165, 1.54) is 5.56 Å². The number of aryl methyl sites for hydroxylation is 2. The Morgan fingerprint density at radius 2 is 1.84 bits per heavy atom. The van der Waals surface area contributed by atoms with E-state index in [0.29, 0.717) is 0 Å². The zero-order valence-electron chi connectivity index (χ0n) is 11.0. The standard InChI is InChI=1S/C16H15N3/c1-11-7-8-17-15(9-11)19-16-12(2)10-13-5-3-4-6-14(13)18-16/h3-10H,1-2H3,(H,17,18,19). The zero-order chi connectivity index (χ0) is 13.2. The Morgan fingerprint density at radius 1 is 1.00 bits per heavy atom. The van der Waals surface area contributed by atoms with Gasteiger partial charge in [0.05, 0.1) is 5.52 Å². The van der Waals surface area contributed by atoms with Gasteiger partial charge in [-0.15, -0.1) is 0 Å². The second-order valence-electron chi connectivity index (χ2n) is 4.69. The van der Waals surface area contributed by atoms with E-state index >= 15 is 0 Å². The molecule has 94 valence electrons. The van der Waals surface area contributed by atoms with E-state index in [0.717, 1.165) is 28.1 Å². The first-order chi connectivity index (χ1) is 9.22. The van der Waals surface area contributed by atoms with Crippen LogP contribution in [0, 0.1) is 13.8 Å². The number of fused-ring (bicyclic) bond motifs is 1. The number of hydrogen-bond acceptors (Lipinski definition) is 3. The minimum atomic E-state index is 0.825. The number of rotatable bonds is 2. The van der Waals surface area contributed by atoms with Crippen molar-refractivity contribution in [2.75, 3.05) is 5.32 Å². The molecule has 19 heavy (non-hydrogen) atoms. The average Bonchev–Trinajstić information content (AvgIpc) is 2.40. The normalized spacial score (nSPS) is 10.6. The molecule has 0 amide bonds. The number of hydrogen-bond donors (Lipinski definition) is 1. The Labute approximate surface area is 112 Å². The molecule has 0 aliphatic heterocycles. The fourth-order valence-electron chi connectivity index (χ4n) is 2.07. The number of aromatic nitrogens is 2. The van der Waals surface area contributed by atoms with Gasteiger partial charge in [-0.2, -0.15) is 0 Å². The summed E-state index contributed by atoms with van der Waals surface area (Å²) < 4.78 is 0. The first-order valence-electron chi connectivity index (χ1n) is 6.28. The molecule has 0 saturated heterocycles. The van der Waals surface area contributed by atoms with Gasteiger partial charge in [0.15, 0.2) is 0 Å². The summed E-state index contributed by atoms with van der Waals surface area (Å²) in [5, 5.41) is 4.44. The second kappa shape index (κ2) is 4.69. The smallest absolute Gasteiger partial charge is 0.135 e. The molecule has 3 nitrogen and oxygen atoms in total. The number of anilines is 2. The predicted octanol–water partition coefficient (Wildman–Crippen LogP) is 3.99. The number of nitrogens with zero attached hydrogens (tertiary/aromatic N) is 2. The van der Waals surface area contributed by atoms with Crippen LogP contribution in [0.4, 0.5) is 11.6 Å². The number of nitrogens with one attached hydrogen (secondary N) is 1. The minimum Gasteiger partial charge on any atom is -0.325 e. The molecule has 2 heterocycles. The molecule has 0 fully saturated rings. The Balaban J connectivity index is 2.03. The van der Waals surface area contributed by atoms with Crippen molar-refractivity contribution in [2.45, 2.75) is 13.8 Å². The molecule has 1 aromatic carbocycles. The van der Waals surface area contributed by atoms with Gasteiger partial charge in [0.25, 0.3) is 0 Å². The van der Waals surface area contributed by atoms with E-state index in [9.17, 15) is 0 Å². The van der Waals surface area contributed by atoms with Crippen LogP contribution in [0.25, 0.3) is 10.9 Å². The first kappa shape index (κ1) is 11.7. The van der Waals surface area contributed by atoms with Gasteiger partial charge in [0.2, 0.25) is 0 Å². The van der Waals surface area contributed by atoms with E-state index in [2.05, 4.69) is 34.3 Å². The molecular formula is C16H15N3. The Kier molecular flexibility index (Phi) is 2.88. The Hall–Kier alpha value is -2.42. The summed E-state index contributed by atoms with van der Waals surface area (Å²) >= 11 is 0. The van der Waals surface area contributed by atoms with E-state index in [1.54, 1.807) is 6.20 Å². The SMILES string of the molecule is Cc1ccnc(Nc2nc3ccccc3cc2C)c1. The van der Waals surface area contributed by atoms with Crippen LogP contribution in [0.5, 0.6) is 0 Å². The minimum absolute atomic E-state index is 0.825. The summed E-state index contributed by atoms with van der Waals surface area (Å²) in [6.07, 6.45) is 1.80. The summed E-state index contributed by atoms with van der Waals surface area (Å²) in [5.41, 5.74) is 3.28. The molecule has 0 unspecified atom stereocenters. The van der Waals surface area contributed by atoms with Gasteiger partial charge in [0, 0.05) is 11.6 Å². The van der Waals surface area contributed by atoms with Crippen molar-refractivity contribution in [3.8, 4) is 0 Å². The summed E-state index contributed by atoms with van der Waals surface area (Å²) in [6, 6.07) is 14.2. The molecule has 0 spiro atoms. The molecule has 1 N–H and O–H groups in total. The molecule has 0 bridgehead atoms. The molecule has 3 heteroatoms. The molecule has 0 radical (unpaired) electrons. The third kappa shape index (κ3) is 2.40. The van der Waals surface area contributed by atoms with Gasteiger partial charge in [-0.1, -0.05) is 18.2 Å². The van der Waals surface area contributed by atoms with Crippen LogP contribution in [-0.2, 0) is 0 Å². The molecule has 0 aliphatic rings. The highest BCUT2D eigenvalue weighted by atomic mass is 15.1. The summed E-state index contributed by atoms with van der Waals surface area (Å²) in [5.74, 6) is 1.68. The summed E-state index contributed by atoms with van der Waals surface area (Å²) in [4.78, 5) is 8.95. The van der Waals surface area contributed by atoms with Crippen molar-refractivity contribution < 1.29 is 0 Å². The fourth-order valence-corrected chi connectivity index (χ4v) is 2.07. The van der Waals surface area contributed by atoms with Gasteiger partial charge in [-0.3, -0.25) is 0 Å². The number of pyridine rings is 2. The highest BCUT2D eigenvalue weighted by molar-refractivity contribution is 5.82. The predicted molar refractivity (Wildman–Crippen MR) is 78.7 cm³/mol. The number of benzene rings is 1. The number of para-hydroxylation sites is 1. The fraction of sp³-hybridized carbons (Fsp3) is 0.125. The van der Waals surface area contributed by atoms with Crippen LogP contribution < -0.4 is 5.32 Å². The van der Waals surface area contributed by atoms with Crippen LogP contribution in [-0.4, -0.2) is 9.97 Å². The van der Waals surface area contributed by atoms with Crippen LogP contribution in [0.15, 0.2) is 48.7 Å². The summed E-state index contributed by atoms with van der Waals surface area (Å²) in [7, 11) is 0. The molecule has 0 aliphatic carbocycles.